The first-order valence-electron chi connectivity index (χ1n) is 11.9. The van der Waals surface area contributed by atoms with Crippen LogP contribution in [0.3, 0.4) is 0 Å². The molecule has 8 heteroatoms. The Kier molecular flexibility index (Phi) is 9.47. The lowest BCUT2D eigenvalue weighted by atomic mass is 9.99. The number of anilines is 1. The van der Waals surface area contributed by atoms with Gasteiger partial charge in [-0.15, -0.1) is 0 Å². The van der Waals surface area contributed by atoms with Crippen molar-refractivity contribution in [1.29, 1.82) is 0 Å². The number of aryl methyl sites for hydroxylation is 3. The maximum absolute atomic E-state index is 13.6. The number of carbonyl (C=O) groups excluding carboxylic acids is 2. The lowest BCUT2D eigenvalue weighted by molar-refractivity contribution is -0.138. The Labute approximate surface area is 217 Å². The molecule has 2 amide bonds. The number of thioether (sulfide) groups is 1. The summed E-state index contributed by atoms with van der Waals surface area (Å²) < 4.78 is 5.21. The molecule has 7 nitrogen and oxygen atoms in total. The molecule has 1 heterocycles. The average molecular weight is 507 g/mol. The number of carbonyl (C=O) groups is 2. The molecule has 0 saturated heterocycles. The number of benzene rings is 2. The SMILES string of the molecule is COc1ccc(NC(=O)C(C(C)C)N(Cc2ccccc2C)C(=O)CSc2nc(C)cc(C)n2)cc1. The molecule has 0 aliphatic rings. The molecule has 0 spiro atoms. The molecule has 0 bridgehead atoms. The Hall–Kier alpha value is -3.39. The van der Waals surface area contributed by atoms with Gasteiger partial charge in [-0.2, -0.15) is 0 Å². The maximum Gasteiger partial charge on any atom is 0.247 e. The molecule has 0 aliphatic heterocycles. The lowest BCUT2D eigenvalue weighted by Gasteiger charge is -2.34. The van der Waals surface area contributed by atoms with Gasteiger partial charge in [0.25, 0.3) is 0 Å². The Balaban J connectivity index is 1.87. The number of nitrogens with one attached hydrogen (secondary N) is 1. The minimum absolute atomic E-state index is 0.112. The highest BCUT2D eigenvalue weighted by molar-refractivity contribution is 7.99. The van der Waals surface area contributed by atoms with E-state index in [4.69, 9.17) is 4.74 Å². The van der Waals surface area contributed by atoms with Crippen LogP contribution in [-0.2, 0) is 16.1 Å². The van der Waals surface area contributed by atoms with Crippen LogP contribution in [0, 0.1) is 26.7 Å². The highest BCUT2D eigenvalue weighted by atomic mass is 32.2. The van der Waals surface area contributed by atoms with Gasteiger partial charge in [-0.05, 0) is 68.1 Å². The highest BCUT2D eigenvalue weighted by Gasteiger charge is 2.33. The smallest absolute Gasteiger partial charge is 0.247 e. The zero-order valence-corrected chi connectivity index (χ0v) is 22.6. The third kappa shape index (κ3) is 7.31. The lowest BCUT2D eigenvalue weighted by Crippen LogP contribution is -2.50. The first-order chi connectivity index (χ1) is 17.2. The number of methoxy groups -OCH3 is 1. The highest BCUT2D eigenvalue weighted by Crippen LogP contribution is 2.23. The first kappa shape index (κ1) is 27.2. The van der Waals surface area contributed by atoms with Gasteiger partial charge < -0.3 is 15.0 Å². The van der Waals surface area contributed by atoms with Crippen LogP contribution in [0.4, 0.5) is 5.69 Å². The number of hydrogen-bond donors (Lipinski definition) is 1. The normalized spacial score (nSPS) is 11.8. The Bertz CT molecular complexity index is 1180. The summed E-state index contributed by atoms with van der Waals surface area (Å²) in [4.78, 5) is 37.7. The zero-order chi connectivity index (χ0) is 26.2. The van der Waals surface area contributed by atoms with Crippen LogP contribution in [0.25, 0.3) is 0 Å². The molecule has 0 aliphatic carbocycles. The molecule has 0 fully saturated rings. The summed E-state index contributed by atoms with van der Waals surface area (Å²) in [6.45, 7) is 10.1. The molecule has 1 aromatic heterocycles. The predicted molar refractivity (Wildman–Crippen MR) is 144 cm³/mol. The van der Waals surface area contributed by atoms with E-state index in [0.717, 1.165) is 22.5 Å². The van der Waals surface area contributed by atoms with E-state index in [1.165, 1.54) is 11.8 Å². The van der Waals surface area contributed by atoms with Crippen LogP contribution in [0.1, 0.15) is 36.4 Å². The zero-order valence-electron chi connectivity index (χ0n) is 21.7. The molecule has 1 unspecified atom stereocenters. The van der Waals surface area contributed by atoms with Crippen molar-refractivity contribution in [2.75, 3.05) is 18.2 Å². The van der Waals surface area contributed by atoms with Gasteiger partial charge in [0, 0.05) is 23.6 Å². The second-order valence-corrected chi connectivity index (χ2v) is 10.0. The summed E-state index contributed by atoms with van der Waals surface area (Å²) in [7, 11) is 1.60. The van der Waals surface area contributed by atoms with E-state index in [0.29, 0.717) is 23.1 Å². The van der Waals surface area contributed by atoms with Crippen LogP contribution in [-0.4, -0.2) is 45.6 Å². The van der Waals surface area contributed by atoms with Gasteiger partial charge in [0.05, 0.1) is 12.9 Å². The fraction of sp³-hybridized carbons (Fsp3) is 0.357. The number of amides is 2. The van der Waals surface area contributed by atoms with Crippen molar-refractivity contribution in [2.45, 2.75) is 52.4 Å². The Morgan fingerprint density at radius 1 is 1.00 bits per heavy atom. The van der Waals surface area contributed by atoms with E-state index >= 15 is 0 Å². The third-order valence-corrected chi connectivity index (χ3v) is 6.63. The van der Waals surface area contributed by atoms with Crippen molar-refractivity contribution in [3.8, 4) is 5.75 Å². The number of hydrogen-bond acceptors (Lipinski definition) is 6. The van der Waals surface area contributed by atoms with E-state index in [9.17, 15) is 9.59 Å². The topological polar surface area (TPSA) is 84.4 Å². The van der Waals surface area contributed by atoms with Gasteiger partial charge in [-0.1, -0.05) is 49.9 Å². The fourth-order valence-electron chi connectivity index (χ4n) is 3.97. The molecule has 2 aromatic carbocycles. The van der Waals surface area contributed by atoms with E-state index in [2.05, 4.69) is 15.3 Å². The van der Waals surface area contributed by atoms with Gasteiger partial charge in [0.15, 0.2) is 5.16 Å². The maximum atomic E-state index is 13.6. The van der Waals surface area contributed by atoms with Crippen molar-refractivity contribution >= 4 is 29.3 Å². The van der Waals surface area contributed by atoms with E-state index < -0.39 is 6.04 Å². The average Bonchev–Trinajstić information content (AvgIpc) is 2.83. The van der Waals surface area contributed by atoms with Gasteiger partial charge in [0.2, 0.25) is 11.8 Å². The first-order valence-corrected chi connectivity index (χ1v) is 12.9. The minimum Gasteiger partial charge on any atom is -0.497 e. The van der Waals surface area contributed by atoms with E-state index in [-0.39, 0.29) is 23.5 Å². The van der Waals surface area contributed by atoms with Crippen LogP contribution in [0.5, 0.6) is 5.75 Å². The third-order valence-electron chi connectivity index (χ3n) is 5.80. The van der Waals surface area contributed by atoms with Crippen molar-refractivity contribution < 1.29 is 14.3 Å². The van der Waals surface area contributed by atoms with Crippen molar-refractivity contribution in [3.63, 3.8) is 0 Å². The molecule has 3 rings (SSSR count). The molecule has 0 saturated carbocycles. The van der Waals surface area contributed by atoms with Crippen LogP contribution >= 0.6 is 11.8 Å². The Morgan fingerprint density at radius 3 is 2.22 bits per heavy atom. The van der Waals surface area contributed by atoms with E-state index in [1.54, 1.807) is 36.3 Å². The number of nitrogens with zero attached hydrogens (tertiary/aromatic N) is 3. The molecule has 3 aromatic rings. The van der Waals surface area contributed by atoms with E-state index in [1.807, 2.05) is 65.0 Å². The molecule has 1 N–H and O–H groups in total. The number of rotatable bonds is 10. The Morgan fingerprint density at radius 2 is 1.64 bits per heavy atom. The number of aromatic nitrogens is 2. The summed E-state index contributed by atoms with van der Waals surface area (Å²) in [6.07, 6.45) is 0. The van der Waals surface area contributed by atoms with Crippen molar-refractivity contribution in [2.24, 2.45) is 5.92 Å². The van der Waals surface area contributed by atoms with Gasteiger partial charge >= 0.3 is 0 Å². The molecule has 0 radical (unpaired) electrons. The monoisotopic (exact) mass is 506 g/mol. The van der Waals surface area contributed by atoms with Crippen LogP contribution < -0.4 is 10.1 Å². The van der Waals surface area contributed by atoms with Gasteiger partial charge in [-0.3, -0.25) is 9.59 Å². The van der Waals surface area contributed by atoms with Gasteiger partial charge in [-0.25, -0.2) is 9.97 Å². The molecule has 36 heavy (non-hydrogen) atoms. The second kappa shape index (κ2) is 12.5. The quantitative estimate of drug-likeness (QED) is 0.301. The van der Waals surface area contributed by atoms with Crippen molar-refractivity contribution in [1.82, 2.24) is 14.9 Å². The molecular formula is C28H34N4O3S. The predicted octanol–water partition coefficient (Wildman–Crippen LogP) is 5.19. The summed E-state index contributed by atoms with van der Waals surface area (Å²) in [5, 5.41) is 3.54. The molecular weight excluding hydrogens is 472 g/mol. The summed E-state index contributed by atoms with van der Waals surface area (Å²) >= 11 is 1.29. The summed E-state index contributed by atoms with van der Waals surface area (Å²) in [5.41, 5.74) is 4.43. The molecule has 1 atom stereocenters. The summed E-state index contributed by atoms with van der Waals surface area (Å²) in [6, 6.07) is 16.3. The van der Waals surface area contributed by atoms with Crippen LogP contribution in [0.15, 0.2) is 59.8 Å². The van der Waals surface area contributed by atoms with Gasteiger partial charge in [0.1, 0.15) is 11.8 Å². The fourth-order valence-corrected chi connectivity index (χ4v) is 4.81. The van der Waals surface area contributed by atoms with Crippen molar-refractivity contribution in [3.05, 3.63) is 77.1 Å². The molecule has 190 valence electrons. The minimum atomic E-state index is -0.667. The summed E-state index contributed by atoms with van der Waals surface area (Å²) in [5.74, 6) is 0.349. The largest absolute Gasteiger partial charge is 0.497 e. The second-order valence-electron chi connectivity index (χ2n) is 9.08. The van der Waals surface area contributed by atoms with Crippen LogP contribution in [0.2, 0.25) is 0 Å². The number of ether oxygens (including phenoxy) is 1. The standard InChI is InChI=1S/C28H34N4O3S/c1-18(2)26(27(34)31-23-11-13-24(35-6)14-12-23)32(16-22-10-8-7-9-19(22)3)25(33)17-36-28-29-20(4)15-21(5)30-28/h7-15,18,26H,16-17H2,1-6H3,(H,31,34).